The Labute approximate surface area is 152 Å². The first kappa shape index (κ1) is 16.5. The zero-order chi connectivity index (χ0) is 18.3. The van der Waals surface area contributed by atoms with Gasteiger partial charge in [-0.1, -0.05) is 23.5 Å². The summed E-state index contributed by atoms with van der Waals surface area (Å²) in [5, 5.41) is 2.99. The predicted octanol–water partition coefficient (Wildman–Crippen LogP) is 2.80. The number of carbonyl (C=O) groups excluding carboxylic acids is 1. The molecule has 8 nitrogen and oxygen atoms in total. The van der Waals surface area contributed by atoms with Crippen LogP contribution in [-0.4, -0.2) is 35.5 Å². The van der Waals surface area contributed by atoms with Crippen molar-refractivity contribution >= 4 is 59.6 Å². The molecule has 3 N–H and O–H groups in total. The van der Waals surface area contributed by atoms with Crippen LogP contribution in [0, 0.1) is 0 Å². The zero-order valence-corrected chi connectivity index (χ0v) is 15.1. The highest BCUT2D eigenvalue weighted by Crippen LogP contribution is 2.27. The monoisotopic (exact) mass is 387 g/mol. The molecule has 0 unspecified atom stereocenters. The minimum atomic E-state index is -3.40. The number of sulfonamides is 1. The van der Waals surface area contributed by atoms with E-state index < -0.39 is 10.0 Å². The van der Waals surface area contributed by atoms with Gasteiger partial charge in [0.25, 0.3) is 5.91 Å². The normalized spacial score (nSPS) is 11.7. The van der Waals surface area contributed by atoms with Gasteiger partial charge in [-0.3, -0.25) is 14.8 Å². The number of hydrogen-bond donors (Lipinski definition) is 3. The molecular formula is C16H13N5O3S2. The number of imidazole rings is 1. The Morgan fingerprint density at radius 2 is 1.92 bits per heavy atom. The molecule has 0 fully saturated rings. The highest BCUT2D eigenvalue weighted by atomic mass is 32.2. The lowest BCUT2D eigenvalue weighted by atomic mass is 10.2. The number of hydrogen-bond acceptors (Lipinski definition) is 6. The third kappa shape index (κ3) is 3.37. The van der Waals surface area contributed by atoms with Crippen LogP contribution >= 0.6 is 11.3 Å². The molecule has 0 aliphatic heterocycles. The Hall–Kier alpha value is -2.98. The summed E-state index contributed by atoms with van der Waals surface area (Å²) in [5.41, 5.74) is 2.63. The van der Waals surface area contributed by atoms with Crippen molar-refractivity contribution in [1.29, 1.82) is 0 Å². The number of aromatic amines is 1. The van der Waals surface area contributed by atoms with Gasteiger partial charge in [0.05, 0.1) is 27.5 Å². The molecule has 132 valence electrons. The second-order valence-electron chi connectivity index (χ2n) is 5.63. The molecule has 2 heterocycles. The first-order valence-corrected chi connectivity index (χ1v) is 10.2. The fourth-order valence-corrected chi connectivity index (χ4v) is 4.20. The van der Waals surface area contributed by atoms with Gasteiger partial charge in [0.1, 0.15) is 0 Å². The van der Waals surface area contributed by atoms with Gasteiger partial charge < -0.3 is 4.98 Å². The number of thiazole rings is 1. The van der Waals surface area contributed by atoms with Crippen LogP contribution in [0.2, 0.25) is 0 Å². The van der Waals surface area contributed by atoms with Gasteiger partial charge in [-0.25, -0.2) is 18.4 Å². The van der Waals surface area contributed by atoms with Gasteiger partial charge in [-0.05, 0) is 30.3 Å². The first-order chi connectivity index (χ1) is 12.4. The van der Waals surface area contributed by atoms with Crippen LogP contribution in [0.5, 0.6) is 0 Å². The summed E-state index contributed by atoms with van der Waals surface area (Å²) < 4.78 is 25.7. The number of aromatic nitrogens is 3. The summed E-state index contributed by atoms with van der Waals surface area (Å²) in [7, 11) is -3.40. The first-order valence-electron chi connectivity index (χ1n) is 7.52. The van der Waals surface area contributed by atoms with E-state index in [1.165, 1.54) is 0 Å². The third-order valence-corrected chi connectivity index (χ3v) is 5.17. The molecule has 0 aliphatic carbocycles. The van der Waals surface area contributed by atoms with Crippen LogP contribution in [-0.2, 0) is 10.0 Å². The molecule has 4 rings (SSSR count). The van der Waals surface area contributed by atoms with Gasteiger partial charge in [0.15, 0.2) is 5.13 Å². The maximum absolute atomic E-state index is 12.5. The Morgan fingerprint density at radius 3 is 2.69 bits per heavy atom. The zero-order valence-electron chi connectivity index (χ0n) is 13.5. The SMILES string of the molecule is CS(=O)(=O)Nc1nc2ccc(C(=O)Nc3nc4ccccc4[nH]3)cc2s1. The number of fused-ring (bicyclic) bond motifs is 2. The van der Waals surface area contributed by atoms with Crippen molar-refractivity contribution in [2.45, 2.75) is 0 Å². The van der Waals surface area contributed by atoms with E-state index in [4.69, 9.17) is 0 Å². The van der Waals surface area contributed by atoms with Gasteiger partial charge in [-0.2, -0.15) is 0 Å². The van der Waals surface area contributed by atoms with Crippen LogP contribution in [0.4, 0.5) is 11.1 Å². The third-order valence-electron chi connectivity index (χ3n) is 3.54. The number of nitrogens with zero attached hydrogens (tertiary/aromatic N) is 2. The standard InChI is InChI=1S/C16H13N5O3S2/c1-26(23,24)21-16-19-12-7-6-9(8-13(12)25-16)14(22)20-15-17-10-4-2-3-5-11(10)18-15/h2-8H,1H3,(H,19,21)(H2,17,18,20,22). The number of para-hydroxylation sites is 2. The van der Waals surface area contributed by atoms with E-state index in [1.807, 2.05) is 24.3 Å². The molecule has 26 heavy (non-hydrogen) atoms. The number of benzene rings is 2. The van der Waals surface area contributed by atoms with Crippen molar-refractivity contribution in [3.8, 4) is 0 Å². The fraction of sp³-hybridized carbons (Fsp3) is 0.0625. The topological polar surface area (TPSA) is 117 Å². The molecule has 0 aliphatic rings. The molecule has 0 saturated heterocycles. The molecule has 1 amide bonds. The summed E-state index contributed by atoms with van der Waals surface area (Å²) in [6.07, 6.45) is 1.06. The van der Waals surface area contributed by atoms with Crippen LogP contribution in [0.15, 0.2) is 42.5 Å². The molecule has 0 radical (unpaired) electrons. The average Bonchev–Trinajstić information content (AvgIpc) is 3.14. The van der Waals surface area contributed by atoms with E-state index in [2.05, 4.69) is 25.0 Å². The van der Waals surface area contributed by atoms with Crippen molar-refractivity contribution in [3.63, 3.8) is 0 Å². The number of H-pyrrole nitrogens is 1. The summed E-state index contributed by atoms with van der Waals surface area (Å²) in [6.45, 7) is 0. The van der Waals surface area contributed by atoms with E-state index in [0.717, 1.165) is 28.6 Å². The summed E-state index contributed by atoms with van der Waals surface area (Å²) in [4.78, 5) is 24.0. The molecule has 4 aromatic rings. The van der Waals surface area contributed by atoms with Crippen molar-refractivity contribution in [3.05, 3.63) is 48.0 Å². The van der Waals surface area contributed by atoms with Crippen LogP contribution in [0.1, 0.15) is 10.4 Å². The average molecular weight is 387 g/mol. The van der Waals surface area contributed by atoms with Crippen molar-refractivity contribution in [2.24, 2.45) is 0 Å². The predicted molar refractivity (Wildman–Crippen MR) is 102 cm³/mol. The van der Waals surface area contributed by atoms with Gasteiger partial charge in [0, 0.05) is 5.56 Å². The Kier molecular flexibility index (Phi) is 3.85. The Bertz CT molecular complexity index is 1210. The van der Waals surface area contributed by atoms with E-state index in [0.29, 0.717) is 21.7 Å². The lowest BCUT2D eigenvalue weighted by Crippen LogP contribution is -2.12. The van der Waals surface area contributed by atoms with E-state index in [-0.39, 0.29) is 11.0 Å². The van der Waals surface area contributed by atoms with E-state index in [1.54, 1.807) is 18.2 Å². The summed E-state index contributed by atoms with van der Waals surface area (Å²) >= 11 is 1.16. The van der Waals surface area contributed by atoms with Crippen LogP contribution in [0.25, 0.3) is 21.3 Å². The second-order valence-corrected chi connectivity index (χ2v) is 8.41. The lowest BCUT2D eigenvalue weighted by Gasteiger charge is -2.01. The van der Waals surface area contributed by atoms with Crippen molar-refractivity contribution in [2.75, 3.05) is 16.3 Å². The molecule has 0 atom stereocenters. The molecule has 10 heteroatoms. The highest BCUT2D eigenvalue weighted by Gasteiger charge is 2.13. The smallest absolute Gasteiger partial charge is 0.258 e. The minimum absolute atomic E-state index is 0.261. The van der Waals surface area contributed by atoms with Gasteiger partial charge in [-0.15, -0.1) is 0 Å². The molecule has 0 saturated carbocycles. The van der Waals surface area contributed by atoms with Crippen molar-refractivity contribution < 1.29 is 13.2 Å². The second kappa shape index (κ2) is 6.07. The van der Waals surface area contributed by atoms with E-state index in [9.17, 15) is 13.2 Å². The molecule has 0 bridgehead atoms. The highest BCUT2D eigenvalue weighted by molar-refractivity contribution is 7.92. The van der Waals surface area contributed by atoms with Crippen molar-refractivity contribution in [1.82, 2.24) is 15.0 Å². The Morgan fingerprint density at radius 1 is 1.12 bits per heavy atom. The quantitative estimate of drug-likeness (QED) is 0.498. The number of amides is 1. The Balaban J connectivity index is 1.59. The lowest BCUT2D eigenvalue weighted by molar-refractivity contribution is 0.102. The number of anilines is 2. The summed E-state index contributed by atoms with van der Waals surface area (Å²) in [6, 6.07) is 12.4. The number of nitrogens with one attached hydrogen (secondary N) is 3. The fourth-order valence-electron chi connectivity index (χ4n) is 2.46. The van der Waals surface area contributed by atoms with Crippen LogP contribution in [0.3, 0.4) is 0 Å². The molecule has 0 spiro atoms. The molecule has 2 aromatic heterocycles. The molecular weight excluding hydrogens is 374 g/mol. The van der Waals surface area contributed by atoms with E-state index >= 15 is 0 Å². The largest absolute Gasteiger partial charge is 0.324 e. The summed E-state index contributed by atoms with van der Waals surface area (Å²) in [5.74, 6) is 0.0389. The van der Waals surface area contributed by atoms with Crippen LogP contribution < -0.4 is 10.0 Å². The maximum Gasteiger partial charge on any atom is 0.258 e. The van der Waals surface area contributed by atoms with Gasteiger partial charge >= 0.3 is 0 Å². The van der Waals surface area contributed by atoms with Gasteiger partial charge in [0.2, 0.25) is 16.0 Å². The maximum atomic E-state index is 12.5. The minimum Gasteiger partial charge on any atom is -0.324 e. The number of rotatable bonds is 4. The number of carbonyl (C=O) groups is 1. The molecule has 2 aromatic carbocycles.